The summed E-state index contributed by atoms with van der Waals surface area (Å²) < 4.78 is 18.5. The van der Waals surface area contributed by atoms with Crippen LogP contribution in [0.2, 0.25) is 0 Å². The molecule has 1 atom stereocenters. The van der Waals surface area contributed by atoms with Gasteiger partial charge in [0.15, 0.2) is 0 Å². The van der Waals surface area contributed by atoms with Crippen LogP contribution in [-0.4, -0.2) is 50.4 Å². The maximum absolute atomic E-state index is 13.7. The zero-order chi connectivity index (χ0) is 17.4. The number of carbonyl (C=O) groups is 2. The number of carbonyl (C=O) groups excluding carboxylic acids is 2. The standard InChI is InChI=1S/C16H20FN3O4/c1-23-9-8-18-15(21)6-7-19-16(22)14-10-13(20-24-14)11-4-2-3-5-12(11)17/h2-5,14H,6-10H2,1H3,(H,18,21)(H,19,22)/t14-/m1/s1. The van der Waals surface area contributed by atoms with Crippen molar-refractivity contribution in [2.24, 2.45) is 5.16 Å². The Hall–Kier alpha value is -2.48. The number of ether oxygens (including phenoxy) is 1. The molecule has 2 N–H and O–H groups in total. The second kappa shape index (κ2) is 8.97. The van der Waals surface area contributed by atoms with Crippen molar-refractivity contribution >= 4 is 17.5 Å². The summed E-state index contributed by atoms with van der Waals surface area (Å²) in [5.74, 6) is -0.966. The number of benzene rings is 1. The minimum absolute atomic E-state index is 0.156. The third-order valence-electron chi connectivity index (χ3n) is 3.43. The monoisotopic (exact) mass is 337 g/mol. The lowest BCUT2D eigenvalue weighted by atomic mass is 10.0. The second-order valence-corrected chi connectivity index (χ2v) is 5.20. The molecule has 130 valence electrons. The third kappa shape index (κ3) is 5.02. The van der Waals surface area contributed by atoms with Crippen LogP contribution in [0.1, 0.15) is 18.4 Å². The Bertz CT molecular complexity index is 621. The number of nitrogens with one attached hydrogen (secondary N) is 2. The first-order valence-electron chi connectivity index (χ1n) is 7.62. The fraction of sp³-hybridized carbons (Fsp3) is 0.438. The lowest BCUT2D eigenvalue weighted by Gasteiger charge is -2.09. The van der Waals surface area contributed by atoms with Crippen LogP contribution in [0.25, 0.3) is 0 Å². The van der Waals surface area contributed by atoms with E-state index in [-0.39, 0.29) is 31.2 Å². The summed E-state index contributed by atoms with van der Waals surface area (Å²) in [6.45, 7) is 1.05. The van der Waals surface area contributed by atoms with E-state index >= 15 is 0 Å². The summed E-state index contributed by atoms with van der Waals surface area (Å²) in [6.07, 6.45) is -0.466. The van der Waals surface area contributed by atoms with Gasteiger partial charge in [-0.3, -0.25) is 9.59 Å². The Morgan fingerprint density at radius 2 is 2.12 bits per heavy atom. The number of oxime groups is 1. The molecular formula is C16H20FN3O4. The highest BCUT2D eigenvalue weighted by Gasteiger charge is 2.29. The van der Waals surface area contributed by atoms with Crippen molar-refractivity contribution in [1.82, 2.24) is 10.6 Å². The summed E-state index contributed by atoms with van der Waals surface area (Å²) >= 11 is 0. The molecule has 1 aliphatic rings. The zero-order valence-electron chi connectivity index (χ0n) is 13.4. The van der Waals surface area contributed by atoms with Crippen molar-refractivity contribution < 1.29 is 23.6 Å². The van der Waals surface area contributed by atoms with Crippen molar-refractivity contribution in [1.29, 1.82) is 0 Å². The van der Waals surface area contributed by atoms with E-state index in [0.29, 0.717) is 24.4 Å². The molecule has 0 aromatic heterocycles. The Balaban J connectivity index is 1.72. The number of methoxy groups -OCH3 is 1. The quantitative estimate of drug-likeness (QED) is 0.680. The van der Waals surface area contributed by atoms with Gasteiger partial charge < -0.3 is 20.2 Å². The van der Waals surface area contributed by atoms with Gasteiger partial charge in [-0.05, 0) is 6.07 Å². The molecule has 1 aliphatic heterocycles. The average molecular weight is 337 g/mol. The first-order chi connectivity index (χ1) is 11.6. The van der Waals surface area contributed by atoms with E-state index in [1.54, 1.807) is 25.3 Å². The maximum Gasteiger partial charge on any atom is 0.264 e. The summed E-state index contributed by atoms with van der Waals surface area (Å²) in [5.41, 5.74) is 0.718. The van der Waals surface area contributed by atoms with E-state index in [9.17, 15) is 14.0 Å². The van der Waals surface area contributed by atoms with Gasteiger partial charge in [-0.1, -0.05) is 23.4 Å². The molecule has 0 bridgehead atoms. The Labute approximate surface area is 139 Å². The van der Waals surface area contributed by atoms with Gasteiger partial charge in [-0.25, -0.2) is 4.39 Å². The van der Waals surface area contributed by atoms with Crippen LogP contribution < -0.4 is 10.6 Å². The van der Waals surface area contributed by atoms with Crippen LogP contribution >= 0.6 is 0 Å². The molecule has 0 fully saturated rings. The maximum atomic E-state index is 13.7. The molecule has 1 aromatic carbocycles. The highest BCUT2D eigenvalue weighted by Crippen LogP contribution is 2.18. The van der Waals surface area contributed by atoms with E-state index in [2.05, 4.69) is 15.8 Å². The van der Waals surface area contributed by atoms with Gasteiger partial charge in [0.1, 0.15) is 5.82 Å². The van der Waals surface area contributed by atoms with Crippen molar-refractivity contribution in [2.75, 3.05) is 26.8 Å². The SMILES string of the molecule is COCCNC(=O)CCNC(=O)[C@H]1CC(c2ccccc2F)=NO1. The minimum atomic E-state index is -0.809. The number of nitrogens with zero attached hydrogens (tertiary/aromatic N) is 1. The van der Waals surface area contributed by atoms with Crippen molar-refractivity contribution in [2.45, 2.75) is 18.9 Å². The Morgan fingerprint density at radius 3 is 2.88 bits per heavy atom. The highest BCUT2D eigenvalue weighted by atomic mass is 19.1. The first-order valence-corrected chi connectivity index (χ1v) is 7.62. The fourth-order valence-corrected chi connectivity index (χ4v) is 2.17. The summed E-state index contributed by atoms with van der Waals surface area (Å²) in [4.78, 5) is 28.5. The van der Waals surface area contributed by atoms with Gasteiger partial charge in [0.25, 0.3) is 5.91 Å². The molecule has 0 saturated carbocycles. The number of hydrogen-bond acceptors (Lipinski definition) is 5. The molecule has 2 rings (SSSR count). The number of halogens is 1. The fourth-order valence-electron chi connectivity index (χ4n) is 2.17. The summed E-state index contributed by atoms with van der Waals surface area (Å²) in [5, 5.41) is 9.05. The van der Waals surface area contributed by atoms with Crippen molar-refractivity contribution in [3.8, 4) is 0 Å². The number of hydrogen-bond donors (Lipinski definition) is 2. The van der Waals surface area contributed by atoms with Crippen LogP contribution in [-0.2, 0) is 19.2 Å². The Morgan fingerprint density at radius 1 is 1.33 bits per heavy atom. The Kier molecular flexibility index (Phi) is 6.68. The van der Waals surface area contributed by atoms with E-state index in [0.717, 1.165) is 0 Å². The zero-order valence-corrected chi connectivity index (χ0v) is 13.4. The molecule has 0 unspecified atom stereocenters. The number of rotatable bonds is 8. The predicted molar refractivity (Wildman–Crippen MR) is 84.9 cm³/mol. The van der Waals surface area contributed by atoms with Crippen molar-refractivity contribution in [3.05, 3.63) is 35.6 Å². The van der Waals surface area contributed by atoms with Gasteiger partial charge >= 0.3 is 0 Å². The van der Waals surface area contributed by atoms with E-state index in [4.69, 9.17) is 9.57 Å². The van der Waals surface area contributed by atoms with E-state index in [1.807, 2.05) is 0 Å². The normalized spacial score (nSPS) is 16.2. The smallest absolute Gasteiger partial charge is 0.264 e. The van der Waals surface area contributed by atoms with Crippen molar-refractivity contribution in [3.63, 3.8) is 0 Å². The van der Waals surface area contributed by atoms with Crippen LogP contribution in [0.3, 0.4) is 0 Å². The second-order valence-electron chi connectivity index (χ2n) is 5.20. The summed E-state index contributed by atoms with van der Waals surface area (Å²) in [7, 11) is 1.55. The largest absolute Gasteiger partial charge is 0.383 e. The topological polar surface area (TPSA) is 89.0 Å². The van der Waals surface area contributed by atoms with Crippen LogP contribution in [0.15, 0.2) is 29.4 Å². The lowest BCUT2D eigenvalue weighted by molar-refractivity contribution is -0.131. The van der Waals surface area contributed by atoms with Gasteiger partial charge in [0.2, 0.25) is 12.0 Å². The van der Waals surface area contributed by atoms with Gasteiger partial charge in [-0.2, -0.15) is 0 Å². The minimum Gasteiger partial charge on any atom is -0.383 e. The van der Waals surface area contributed by atoms with Gasteiger partial charge in [0.05, 0.1) is 12.3 Å². The van der Waals surface area contributed by atoms with E-state index < -0.39 is 11.9 Å². The van der Waals surface area contributed by atoms with Crippen LogP contribution in [0.5, 0.6) is 0 Å². The highest BCUT2D eigenvalue weighted by molar-refractivity contribution is 6.04. The first kappa shape index (κ1) is 17.9. The molecule has 0 radical (unpaired) electrons. The molecule has 8 heteroatoms. The van der Waals surface area contributed by atoms with Gasteiger partial charge in [-0.15, -0.1) is 0 Å². The molecular weight excluding hydrogens is 317 g/mol. The molecule has 0 aliphatic carbocycles. The third-order valence-corrected chi connectivity index (χ3v) is 3.43. The number of amides is 2. The molecule has 1 heterocycles. The van der Waals surface area contributed by atoms with E-state index in [1.165, 1.54) is 6.07 Å². The predicted octanol–water partition coefficient (Wildman–Crippen LogP) is 0.588. The average Bonchev–Trinajstić information content (AvgIpc) is 3.05. The summed E-state index contributed by atoms with van der Waals surface area (Å²) in [6, 6.07) is 6.18. The van der Waals surface area contributed by atoms with Gasteiger partial charge in [0, 0.05) is 38.6 Å². The molecule has 24 heavy (non-hydrogen) atoms. The molecule has 2 amide bonds. The lowest BCUT2D eigenvalue weighted by Crippen LogP contribution is -2.37. The molecule has 7 nitrogen and oxygen atoms in total. The van der Waals surface area contributed by atoms with Crippen LogP contribution in [0.4, 0.5) is 4.39 Å². The molecule has 0 saturated heterocycles. The molecule has 0 spiro atoms. The molecule has 1 aromatic rings. The van der Waals surface area contributed by atoms with Crippen LogP contribution in [0, 0.1) is 5.82 Å².